The molecule has 0 aliphatic rings. The van der Waals surface area contributed by atoms with Gasteiger partial charge in [-0.1, -0.05) is 19.9 Å². The van der Waals surface area contributed by atoms with Crippen molar-refractivity contribution < 1.29 is 23.9 Å². The first-order chi connectivity index (χ1) is 10.8. The monoisotopic (exact) mass is 322 g/mol. The first-order valence-corrected chi connectivity index (χ1v) is 7.21. The number of anilines is 1. The zero-order chi connectivity index (χ0) is 17.4. The molecule has 0 aliphatic carbocycles. The maximum Gasteiger partial charge on any atom is 0.343 e. The highest BCUT2D eigenvalue weighted by Crippen LogP contribution is 2.18. The van der Waals surface area contributed by atoms with Gasteiger partial charge >= 0.3 is 5.97 Å². The Morgan fingerprint density at radius 3 is 2.48 bits per heavy atom. The Morgan fingerprint density at radius 1 is 1.22 bits per heavy atom. The van der Waals surface area contributed by atoms with Crippen LogP contribution in [0.4, 0.5) is 5.69 Å². The number of carbonyl (C=O) groups excluding carboxylic acids is 3. The van der Waals surface area contributed by atoms with E-state index in [-0.39, 0.29) is 24.3 Å². The fourth-order valence-corrected chi connectivity index (χ4v) is 1.84. The highest BCUT2D eigenvalue weighted by Gasteiger charge is 2.23. The molecule has 1 aromatic rings. The zero-order valence-corrected chi connectivity index (χ0v) is 13.7. The summed E-state index contributed by atoms with van der Waals surface area (Å²) in [5, 5.41) is 5.34. The fraction of sp³-hybridized carbons (Fsp3) is 0.438. The number of rotatable bonds is 7. The van der Waals surface area contributed by atoms with Crippen LogP contribution in [-0.4, -0.2) is 37.5 Å². The summed E-state index contributed by atoms with van der Waals surface area (Å²) in [4.78, 5) is 34.5. The van der Waals surface area contributed by atoms with Crippen LogP contribution in [0.2, 0.25) is 0 Å². The van der Waals surface area contributed by atoms with Gasteiger partial charge in [-0.05, 0) is 18.1 Å². The number of benzene rings is 1. The predicted octanol–water partition coefficient (Wildman–Crippen LogP) is 1.34. The number of esters is 1. The van der Waals surface area contributed by atoms with Crippen LogP contribution in [0.3, 0.4) is 0 Å². The van der Waals surface area contributed by atoms with Gasteiger partial charge in [0.1, 0.15) is 11.8 Å². The topological polar surface area (TPSA) is 93.7 Å². The van der Waals surface area contributed by atoms with E-state index in [0.29, 0.717) is 11.4 Å². The van der Waals surface area contributed by atoms with E-state index in [1.165, 1.54) is 14.0 Å². The molecular formula is C16H22N2O5. The average molecular weight is 322 g/mol. The summed E-state index contributed by atoms with van der Waals surface area (Å²) < 4.78 is 9.75. The second kappa shape index (κ2) is 8.77. The molecule has 1 unspecified atom stereocenters. The first kappa shape index (κ1) is 18.5. The van der Waals surface area contributed by atoms with E-state index >= 15 is 0 Å². The molecule has 1 aromatic carbocycles. The van der Waals surface area contributed by atoms with Gasteiger partial charge in [0, 0.05) is 18.7 Å². The maximum atomic E-state index is 12.3. The molecule has 2 amide bonds. The van der Waals surface area contributed by atoms with E-state index in [0.717, 1.165) is 0 Å². The smallest absolute Gasteiger partial charge is 0.343 e. The maximum absolute atomic E-state index is 12.3. The molecule has 0 radical (unpaired) electrons. The molecular weight excluding hydrogens is 300 g/mol. The molecule has 7 nitrogen and oxygen atoms in total. The Labute approximate surface area is 135 Å². The summed E-state index contributed by atoms with van der Waals surface area (Å²) in [6, 6.07) is 5.99. The van der Waals surface area contributed by atoms with Crippen molar-refractivity contribution in [2.24, 2.45) is 5.92 Å². The number of methoxy groups -OCH3 is 1. The van der Waals surface area contributed by atoms with Gasteiger partial charge in [0.05, 0.1) is 7.11 Å². The van der Waals surface area contributed by atoms with Gasteiger partial charge in [-0.25, -0.2) is 4.79 Å². The molecule has 7 heteroatoms. The average Bonchev–Trinajstić information content (AvgIpc) is 2.50. The normalized spacial score (nSPS) is 11.5. The number of hydrogen-bond donors (Lipinski definition) is 2. The van der Waals surface area contributed by atoms with Gasteiger partial charge in [-0.15, -0.1) is 0 Å². The second-order valence-electron chi connectivity index (χ2n) is 5.30. The van der Waals surface area contributed by atoms with Crippen molar-refractivity contribution >= 4 is 23.5 Å². The number of hydrogen-bond acceptors (Lipinski definition) is 5. The molecule has 0 heterocycles. The minimum Gasteiger partial charge on any atom is -0.482 e. The van der Waals surface area contributed by atoms with Crippen molar-refractivity contribution in [2.45, 2.75) is 26.8 Å². The van der Waals surface area contributed by atoms with Gasteiger partial charge in [-0.2, -0.15) is 0 Å². The van der Waals surface area contributed by atoms with Crippen LogP contribution in [0.5, 0.6) is 5.75 Å². The quantitative estimate of drug-likeness (QED) is 0.739. The molecule has 0 fully saturated rings. The van der Waals surface area contributed by atoms with Crippen LogP contribution in [-0.2, 0) is 19.1 Å². The molecule has 0 saturated carbocycles. The molecule has 126 valence electrons. The molecule has 0 bridgehead atoms. The van der Waals surface area contributed by atoms with E-state index in [1.54, 1.807) is 24.3 Å². The number of amides is 2. The largest absolute Gasteiger partial charge is 0.482 e. The van der Waals surface area contributed by atoms with Crippen LogP contribution < -0.4 is 15.4 Å². The molecule has 2 N–H and O–H groups in total. The van der Waals surface area contributed by atoms with Gasteiger partial charge in [0.2, 0.25) is 11.8 Å². The van der Waals surface area contributed by atoms with Crippen molar-refractivity contribution in [2.75, 3.05) is 19.0 Å². The van der Waals surface area contributed by atoms with E-state index in [9.17, 15) is 14.4 Å². The zero-order valence-electron chi connectivity index (χ0n) is 13.7. The summed E-state index contributed by atoms with van der Waals surface area (Å²) >= 11 is 0. The molecule has 0 aliphatic heterocycles. The van der Waals surface area contributed by atoms with E-state index < -0.39 is 12.0 Å². The molecule has 23 heavy (non-hydrogen) atoms. The minimum absolute atomic E-state index is 0.0577. The van der Waals surface area contributed by atoms with E-state index in [1.807, 2.05) is 13.8 Å². The van der Waals surface area contributed by atoms with Crippen LogP contribution in [0.15, 0.2) is 24.3 Å². The van der Waals surface area contributed by atoms with Gasteiger partial charge in [0.15, 0.2) is 6.61 Å². The molecule has 0 spiro atoms. The summed E-state index contributed by atoms with van der Waals surface area (Å²) in [6.07, 6.45) is 0. The van der Waals surface area contributed by atoms with E-state index in [4.69, 9.17) is 4.74 Å². The highest BCUT2D eigenvalue weighted by molar-refractivity contribution is 5.97. The van der Waals surface area contributed by atoms with Crippen molar-refractivity contribution in [1.82, 2.24) is 5.32 Å². The Balaban J connectivity index is 2.73. The number of ether oxygens (including phenoxy) is 2. The lowest BCUT2D eigenvalue weighted by atomic mass is 10.0. The molecule has 0 saturated heterocycles. The van der Waals surface area contributed by atoms with Crippen molar-refractivity contribution in [1.29, 1.82) is 0 Å². The Kier molecular flexibility index (Phi) is 7.05. The number of carbonyl (C=O) groups is 3. The lowest BCUT2D eigenvalue weighted by Gasteiger charge is -2.21. The van der Waals surface area contributed by atoms with Crippen molar-refractivity contribution in [3.05, 3.63) is 24.3 Å². The van der Waals surface area contributed by atoms with Crippen molar-refractivity contribution in [3.63, 3.8) is 0 Å². The number of nitrogens with one attached hydrogen (secondary N) is 2. The van der Waals surface area contributed by atoms with Crippen LogP contribution in [0, 0.1) is 5.92 Å². The third kappa shape index (κ3) is 6.37. The first-order valence-electron chi connectivity index (χ1n) is 7.21. The summed E-state index contributed by atoms with van der Waals surface area (Å²) in [7, 11) is 1.27. The van der Waals surface area contributed by atoms with E-state index in [2.05, 4.69) is 15.4 Å². The minimum atomic E-state index is -0.632. The predicted molar refractivity (Wildman–Crippen MR) is 85.0 cm³/mol. The van der Waals surface area contributed by atoms with Crippen molar-refractivity contribution in [3.8, 4) is 5.75 Å². The summed E-state index contributed by atoms with van der Waals surface area (Å²) in [6.45, 7) is 4.84. The summed E-state index contributed by atoms with van der Waals surface area (Å²) in [5.74, 6) is -0.717. The van der Waals surface area contributed by atoms with Gasteiger partial charge in [-0.3, -0.25) is 9.59 Å². The Hall–Kier alpha value is -2.57. The Bertz CT molecular complexity index is 571. The third-order valence-corrected chi connectivity index (χ3v) is 2.99. The van der Waals surface area contributed by atoms with Gasteiger partial charge < -0.3 is 20.1 Å². The molecule has 1 rings (SSSR count). The molecule has 0 aromatic heterocycles. The SMILES string of the molecule is COC(=O)COc1cccc(NC(=O)C(NC(C)=O)C(C)C)c1. The van der Waals surface area contributed by atoms with Crippen LogP contribution in [0.1, 0.15) is 20.8 Å². The highest BCUT2D eigenvalue weighted by atomic mass is 16.6. The second-order valence-corrected chi connectivity index (χ2v) is 5.30. The van der Waals surface area contributed by atoms with Crippen LogP contribution in [0.25, 0.3) is 0 Å². The standard InChI is InChI=1S/C16H22N2O5/c1-10(2)15(17-11(3)19)16(21)18-12-6-5-7-13(8-12)23-9-14(20)22-4/h5-8,10,15H,9H2,1-4H3,(H,17,19)(H,18,21). The fourth-order valence-electron chi connectivity index (χ4n) is 1.84. The van der Waals surface area contributed by atoms with Gasteiger partial charge in [0.25, 0.3) is 0 Å². The Morgan fingerprint density at radius 2 is 1.91 bits per heavy atom. The molecule has 1 atom stereocenters. The third-order valence-electron chi connectivity index (χ3n) is 2.99. The van der Waals surface area contributed by atoms with Crippen LogP contribution >= 0.6 is 0 Å². The lowest BCUT2D eigenvalue weighted by molar-refractivity contribution is -0.142. The summed E-state index contributed by atoms with van der Waals surface area (Å²) in [5.41, 5.74) is 0.508. The lowest BCUT2D eigenvalue weighted by Crippen LogP contribution is -2.46.